The summed E-state index contributed by atoms with van der Waals surface area (Å²) in [4.78, 5) is 16.3. The molecule has 3 rings (SSSR count). The highest BCUT2D eigenvalue weighted by atomic mass is 35.5. The average Bonchev–Trinajstić information content (AvgIpc) is 3.06. The Labute approximate surface area is 153 Å². The van der Waals surface area contributed by atoms with Crippen molar-refractivity contribution in [3.8, 4) is 5.88 Å². The Balaban J connectivity index is 0.00000132. The van der Waals surface area contributed by atoms with Gasteiger partial charge in [-0.1, -0.05) is 11.6 Å². The van der Waals surface area contributed by atoms with Crippen LogP contribution in [0.15, 0.2) is 18.3 Å². The Morgan fingerprint density at radius 1 is 1.35 bits per heavy atom. The van der Waals surface area contributed by atoms with E-state index >= 15 is 0 Å². The summed E-state index contributed by atoms with van der Waals surface area (Å²) in [5.41, 5.74) is 6.16. The fourth-order valence-electron chi connectivity index (χ4n) is 3.62. The minimum Gasteiger partial charge on any atom is -0.476 e. The lowest BCUT2D eigenvalue weighted by Gasteiger charge is -2.26. The van der Waals surface area contributed by atoms with Crippen molar-refractivity contribution in [3.63, 3.8) is 0 Å². The van der Waals surface area contributed by atoms with E-state index in [1.807, 2.05) is 0 Å². The standard InChI is InChI=1S/C15H20ClN3O2.2ClH/c16-11-3-4-12(19-8-11)21-6-5-18-15(20)13-9-1-2-10(7-9)14(13)17;;/h3-4,8-10,13-14H,1-2,5-7,17H2,(H,18,20);2*1H. The quantitative estimate of drug-likeness (QED) is 0.767. The van der Waals surface area contributed by atoms with Gasteiger partial charge < -0.3 is 15.8 Å². The molecule has 2 saturated carbocycles. The highest BCUT2D eigenvalue weighted by molar-refractivity contribution is 6.30. The molecule has 1 aromatic rings. The van der Waals surface area contributed by atoms with E-state index in [9.17, 15) is 4.79 Å². The Morgan fingerprint density at radius 2 is 2.09 bits per heavy atom. The first kappa shape index (κ1) is 20.3. The van der Waals surface area contributed by atoms with Gasteiger partial charge in [-0.3, -0.25) is 4.79 Å². The summed E-state index contributed by atoms with van der Waals surface area (Å²) in [6, 6.07) is 3.45. The van der Waals surface area contributed by atoms with E-state index in [4.69, 9.17) is 22.1 Å². The smallest absolute Gasteiger partial charge is 0.225 e. The molecule has 2 aliphatic rings. The largest absolute Gasteiger partial charge is 0.476 e. The van der Waals surface area contributed by atoms with Crippen LogP contribution in [0.25, 0.3) is 0 Å². The second-order valence-electron chi connectivity index (χ2n) is 5.89. The molecule has 0 aliphatic heterocycles. The van der Waals surface area contributed by atoms with Crippen LogP contribution in [0.3, 0.4) is 0 Å². The molecule has 4 atom stereocenters. The summed E-state index contributed by atoms with van der Waals surface area (Å²) in [5, 5.41) is 3.49. The number of hydrogen-bond donors (Lipinski definition) is 2. The number of rotatable bonds is 5. The fourth-order valence-corrected chi connectivity index (χ4v) is 3.73. The number of nitrogens with one attached hydrogen (secondary N) is 1. The minimum absolute atomic E-state index is 0. The summed E-state index contributed by atoms with van der Waals surface area (Å²) in [6.07, 6.45) is 4.97. The van der Waals surface area contributed by atoms with Gasteiger partial charge in [0.05, 0.1) is 17.5 Å². The molecule has 1 aromatic heterocycles. The molecule has 2 aliphatic carbocycles. The first-order valence-corrected chi connectivity index (χ1v) is 7.80. The van der Waals surface area contributed by atoms with E-state index in [2.05, 4.69) is 10.3 Å². The number of halogens is 3. The van der Waals surface area contributed by atoms with Crippen LogP contribution in [-0.2, 0) is 4.79 Å². The number of aromatic nitrogens is 1. The van der Waals surface area contributed by atoms with Gasteiger partial charge in [0.25, 0.3) is 0 Å². The van der Waals surface area contributed by atoms with Crippen molar-refractivity contribution in [2.75, 3.05) is 13.2 Å². The second kappa shape index (κ2) is 8.92. The molecule has 2 fully saturated rings. The highest BCUT2D eigenvalue weighted by Gasteiger charge is 2.48. The van der Waals surface area contributed by atoms with Crippen LogP contribution in [0.4, 0.5) is 0 Å². The number of ether oxygens (including phenoxy) is 1. The van der Waals surface area contributed by atoms with Gasteiger partial charge in [0, 0.05) is 18.3 Å². The Morgan fingerprint density at radius 3 is 2.70 bits per heavy atom. The summed E-state index contributed by atoms with van der Waals surface area (Å²) < 4.78 is 5.45. The molecule has 3 N–H and O–H groups in total. The average molecular weight is 383 g/mol. The van der Waals surface area contributed by atoms with E-state index in [0.717, 1.165) is 12.8 Å². The number of pyridine rings is 1. The molecular formula is C15H22Cl3N3O2. The van der Waals surface area contributed by atoms with Gasteiger partial charge in [0.1, 0.15) is 6.61 Å². The van der Waals surface area contributed by atoms with Crippen LogP contribution in [0.1, 0.15) is 19.3 Å². The molecule has 2 bridgehead atoms. The Kier molecular flexibility index (Phi) is 7.87. The predicted octanol–water partition coefficient (Wildman–Crippen LogP) is 2.45. The molecule has 5 nitrogen and oxygen atoms in total. The molecule has 8 heteroatoms. The molecule has 1 heterocycles. The number of fused-ring (bicyclic) bond motifs is 2. The minimum atomic E-state index is -0.0163. The summed E-state index contributed by atoms with van der Waals surface area (Å²) in [7, 11) is 0. The lowest BCUT2D eigenvalue weighted by molar-refractivity contribution is -0.127. The van der Waals surface area contributed by atoms with Crippen molar-refractivity contribution >= 4 is 42.3 Å². The zero-order valence-electron chi connectivity index (χ0n) is 12.6. The summed E-state index contributed by atoms with van der Waals surface area (Å²) in [5.74, 6) is 1.58. The SMILES string of the molecule is Cl.Cl.NC1C2CCC(C2)C1C(=O)NCCOc1ccc(Cl)cn1. The maximum atomic E-state index is 12.2. The number of carbonyl (C=O) groups is 1. The topological polar surface area (TPSA) is 77.2 Å². The van der Waals surface area contributed by atoms with Gasteiger partial charge in [-0.15, -0.1) is 24.8 Å². The van der Waals surface area contributed by atoms with E-state index in [1.54, 1.807) is 12.1 Å². The van der Waals surface area contributed by atoms with Crippen LogP contribution in [0, 0.1) is 17.8 Å². The number of nitrogens with two attached hydrogens (primary N) is 1. The first-order valence-electron chi connectivity index (χ1n) is 7.43. The molecule has 0 aromatic carbocycles. The van der Waals surface area contributed by atoms with E-state index < -0.39 is 0 Å². The molecular weight excluding hydrogens is 361 g/mol. The second-order valence-corrected chi connectivity index (χ2v) is 6.33. The molecule has 0 spiro atoms. The van der Waals surface area contributed by atoms with Gasteiger partial charge in [-0.2, -0.15) is 0 Å². The molecule has 4 unspecified atom stereocenters. The highest BCUT2D eigenvalue weighted by Crippen LogP contribution is 2.47. The Bertz CT molecular complexity index is 513. The lowest BCUT2D eigenvalue weighted by atomic mass is 9.84. The van der Waals surface area contributed by atoms with Crippen LogP contribution >= 0.6 is 36.4 Å². The van der Waals surface area contributed by atoms with Crippen molar-refractivity contribution in [1.29, 1.82) is 0 Å². The summed E-state index contributed by atoms with van der Waals surface area (Å²) >= 11 is 5.74. The van der Waals surface area contributed by atoms with Crippen LogP contribution in [-0.4, -0.2) is 30.1 Å². The normalized spacial score (nSPS) is 27.7. The third kappa shape index (κ3) is 4.63. The number of amides is 1. The van der Waals surface area contributed by atoms with Gasteiger partial charge >= 0.3 is 0 Å². The molecule has 23 heavy (non-hydrogen) atoms. The van der Waals surface area contributed by atoms with Crippen LogP contribution < -0.4 is 15.8 Å². The zero-order chi connectivity index (χ0) is 14.8. The third-order valence-corrected chi connectivity index (χ3v) is 4.86. The van der Waals surface area contributed by atoms with Crippen LogP contribution in [0.2, 0.25) is 5.02 Å². The number of hydrogen-bond acceptors (Lipinski definition) is 4. The van der Waals surface area contributed by atoms with E-state index in [0.29, 0.717) is 35.9 Å². The predicted molar refractivity (Wildman–Crippen MR) is 94.5 cm³/mol. The summed E-state index contributed by atoms with van der Waals surface area (Å²) in [6.45, 7) is 0.847. The fraction of sp³-hybridized carbons (Fsp3) is 0.600. The Hall–Kier alpha value is -0.750. The van der Waals surface area contributed by atoms with Crippen molar-refractivity contribution in [3.05, 3.63) is 23.4 Å². The lowest BCUT2D eigenvalue weighted by Crippen LogP contribution is -2.46. The monoisotopic (exact) mass is 381 g/mol. The van der Waals surface area contributed by atoms with Gasteiger partial charge in [-0.25, -0.2) is 4.98 Å². The molecule has 0 saturated heterocycles. The third-order valence-electron chi connectivity index (χ3n) is 4.63. The molecule has 1 amide bonds. The number of carbonyl (C=O) groups excluding carboxylic acids is 1. The van der Waals surface area contributed by atoms with Crippen molar-refractivity contribution in [1.82, 2.24) is 10.3 Å². The number of nitrogens with zero attached hydrogens (tertiary/aromatic N) is 1. The van der Waals surface area contributed by atoms with E-state index in [-0.39, 0.29) is 42.7 Å². The molecule has 130 valence electrons. The first-order chi connectivity index (χ1) is 10.1. The van der Waals surface area contributed by atoms with Gasteiger partial charge in [0.2, 0.25) is 11.8 Å². The van der Waals surface area contributed by atoms with Crippen LogP contribution in [0.5, 0.6) is 5.88 Å². The van der Waals surface area contributed by atoms with E-state index in [1.165, 1.54) is 12.6 Å². The van der Waals surface area contributed by atoms with Gasteiger partial charge in [0.15, 0.2) is 0 Å². The van der Waals surface area contributed by atoms with Crippen molar-refractivity contribution in [2.45, 2.75) is 25.3 Å². The molecule has 0 radical (unpaired) electrons. The zero-order valence-corrected chi connectivity index (χ0v) is 15.0. The maximum absolute atomic E-state index is 12.2. The maximum Gasteiger partial charge on any atom is 0.225 e. The van der Waals surface area contributed by atoms with Gasteiger partial charge in [-0.05, 0) is 37.2 Å². The van der Waals surface area contributed by atoms with Crippen molar-refractivity contribution < 1.29 is 9.53 Å². The van der Waals surface area contributed by atoms with Crippen molar-refractivity contribution in [2.24, 2.45) is 23.5 Å².